The molecular formula is C26H32N4O3S2. The molecule has 0 N–H and O–H groups in total. The number of rotatable bonds is 10. The maximum Gasteiger partial charge on any atom is 0.243 e. The highest BCUT2D eigenvalue weighted by Gasteiger charge is 2.29. The first-order chi connectivity index (χ1) is 16.9. The lowest BCUT2D eigenvalue weighted by atomic mass is 10.0. The molecule has 0 aliphatic carbocycles. The van der Waals surface area contributed by atoms with Crippen molar-refractivity contribution in [3.05, 3.63) is 53.6 Å². The van der Waals surface area contributed by atoms with Gasteiger partial charge in [-0.3, -0.25) is 0 Å². The van der Waals surface area contributed by atoms with Crippen molar-refractivity contribution in [3.8, 4) is 6.07 Å². The van der Waals surface area contributed by atoms with Crippen LogP contribution in [0, 0.1) is 17.2 Å². The number of benzene rings is 2. The molecule has 1 saturated heterocycles. The van der Waals surface area contributed by atoms with Crippen molar-refractivity contribution in [2.45, 2.75) is 55.5 Å². The van der Waals surface area contributed by atoms with E-state index < -0.39 is 10.0 Å². The summed E-state index contributed by atoms with van der Waals surface area (Å²) < 4.78 is 35.9. The summed E-state index contributed by atoms with van der Waals surface area (Å²) in [4.78, 5) is 5.15. The molecule has 7 nitrogen and oxygen atoms in total. The molecule has 9 heteroatoms. The summed E-state index contributed by atoms with van der Waals surface area (Å²) in [6, 6.07) is 15.0. The van der Waals surface area contributed by atoms with Gasteiger partial charge in [0.15, 0.2) is 5.16 Å². The van der Waals surface area contributed by atoms with Crippen LogP contribution in [0.15, 0.2) is 52.5 Å². The Labute approximate surface area is 212 Å². The zero-order valence-corrected chi connectivity index (χ0v) is 21.9. The van der Waals surface area contributed by atoms with E-state index >= 15 is 0 Å². The van der Waals surface area contributed by atoms with Crippen LogP contribution < -0.4 is 0 Å². The maximum atomic E-state index is 13.3. The zero-order chi connectivity index (χ0) is 24.8. The summed E-state index contributed by atoms with van der Waals surface area (Å²) in [7, 11) is -3.55. The molecule has 35 heavy (non-hydrogen) atoms. The molecule has 0 radical (unpaired) electrons. The van der Waals surface area contributed by atoms with Crippen LogP contribution in [0.5, 0.6) is 0 Å². The summed E-state index contributed by atoms with van der Waals surface area (Å²) in [5.41, 5.74) is 3.35. The molecule has 1 aliphatic heterocycles. The van der Waals surface area contributed by atoms with Gasteiger partial charge in [-0.1, -0.05) is 30.8 Å². The Morgan fingerprint density at radius 3 is 2.74 bits per heavy atom. The minimum absolute atomic E-state index is 0.307. The molecule has 1 aromatic heterocycles. The van der Waals surface area contributed by atoms with Gasteiger partial charge in [-0.05, 0) is 68.0 Å². The number of aryl methyl sites for hydroxylation is 1. The van der Waals surface area contributed by atoms with Gasteiger partial charge in [0.25, 0.3) is 0 Å². The van der Waals surface area contributed by atoms with Crippen LogP contribution in [0.4, 0.5) is 0 Å². The Hall–Kier alpha value is -2.38. The summed E-state index contributed by atoms with van der Waals surface area (Å²) >= 11 is 1.61. The zero-order valence-electron chi connectivity index (χ0n) is 20.3. The van der Waals surface area contributed by atoms with Gasteiger partial charge < -0.3 is 9.30 Å². The molecule has 1 atom stereocenters. The number of nitrogens with zero attached hydrogens (tertiary/aromatic N) is 4. The highest BCUT2D eigenvalue weighted by atomic mass is 32.2. The van der Waals surface area contributed by atoms with E-state index in [1.165, 1.54) is 0 Å². The van der Waals surface area contributed by atoms with Crippen molar-refractivity contribution in [1.82, 2.24) is 13.9 Å². The first kappa shape index (κ1) is 25.7. The third kappa shape index (κ3) is 6.07. The quantitative estimate of drug-likeness (QED) is 0.279. The average Bonchev–Trinajstić information content (AvgIpc) is 3.22. The smallest absolute Gasteiger partial charge is 0.243 e. The topological polar surface area (TPSA) is 88.2 Å². The van der Waals surface area contributed by atoms with E-state index in [1.807, 2.05) is 37.3 Å². The SMILES string of the molecule is CCOCCCn1c(SCc2ccc(C#N)cc2)nc2cc(S(=O)(=O)N3CCCC(C)C3)ccc21. The van der Waals surface area contributed by atoms with Gasteiger partial charge in [0.05, 0.1) is 27.6 Å². The summed E-state index contributed by atoms with van der Waals surface area (Å²) in [6.07, 6.45) is 2.81. The van der Waals surface area contributed by atoms with E-state index in [2.05, 4.69) is 17.6 Å². The standard InChI is InChI=1S/C26H32N4O3S2/c1-3-33-15-5-14-30-25-12-11-23(35(31,32)29-13-4-6-20(2)18-29)16-24(25)28-26(30)34-19-22-9-7-21(17-27)8-10-22/h7-12,16,20H,3-6,13-15,18-19H2,1-2H3. The lowest BCUT2D eigenvalue weighted by Crippen LogP contribution is -2.39. The summed E-state index contributed by atoms with van der Waals surface area (Å²) in [5.74, 6) is 1.08. The summed E-state index contributed by atoms with van der Waals surface area (Å²) in [5, 5.41) is 9.87. The highest BCUT2D eigenvalue weighted by Crippen LogP contribution is 2.30. The van der Waals surface area contributed by atoms with Crippen LogP contribution in [-0.2, 0) is 27.1 Å². The summed E-state index contributed by atoms with van der Waals surface area (Å²) in [6.45, 7) is 7.31. The van der Waals surface area contributed by atoms with Gasteiger partial charge in [-0.15, -0.1) is 0 Å². The molecule has 1 fully saturated rings. The first-order valence-electron chi connectivity index (χ1n) is 12.1. The number of fused-ring (bicyclic) bond motifs is 1. The number of sulfonamides is 1. The first-order valence-corrected chi connectivity index (χ1v) is 14.5. The molecule has 3 aromatic rings. The molecule has 1 aliphatic rings. The Bertz CT molecular complexity index is 1300. The van der Waals surface area contributed by atoms with E-state index in [4.69, 9.17) is 15.0 Å². The number of ether oxygens (including phenoxy) is 1. The normalized spacial score (nSPS) is 17.0. The molecule has 2 heterocycles. The maximum absolute atomic E-state index is 13.3. The highest BCUT2D eigenvalue weighted by molar-refractivity contribution is 7.98. The fourth-order valence-electron chi connectivity index (χ4n) is 4.38. The minimum atomic E-state index is -3.55. The van der Waals surface area contributed by atoms with Crippen molar-refractivity contribution >= 4 is 32.8 Å². The molecule has 186 valence electrons. The van der Waals surface area contributed by atoms with Crippen LogP contribution in [0.1, 0.15) is 44.2 Å². The van der Waals surface area contributed by atoms with E-state index in [0.29, 0.717) is 53.9 Å². The Kier molecular flexibility index (Phi) is 8.50. The second kappa shape index (κ2) is 11.6. The monoisotopic (exact) mass is 512 g/mol. The van der Waals surface area contributed by atoms with Gasteiger partial charge in [-0.2, -0.15) is 9.57 Å². The Morgan fingerprint density at radius 2 is 2.03 bits per heavy atom. The van der Waals surface area contributed by atoms with Crippen LogP contribution in [0.25, 0.3) is 11.0 Å². The number of hydrogen-bond acceptors (Lipinski definition) is 6. The van der Waals surface area contributed by atoms with Gasteiger partial charge in [0.2, 0.25) is 10.0 Å². The fourth-order valence-corrected chi connectivity index (χ4v) is 7.00. The van der Waals surface area contributed by atoms with Crippen molar-refractivity contribution in [2.24, 2.45) is 5.92 Å². The van der Waals surface area contributed by atoms with Crippen LogP contribution >= 0.6 is 11.8 Å². The number of thioether (sulfide) groups is 1. The van der Waals surface area contributed by atoms with Gasteiger partial charge in [0.1, 0.15) is 0 Å². The van der Waals surface area contributed by atoms with Crippen molar-refractivity contribution < 1.29 is 13.2 Å². The fraction of sp³-hybridized carbons (Fsp3) is 0.462. The van der Waals surface area contributed by atoms with Gasteiger partial charge >= 0.3 is 0 Å². The number of aromatic nitrogens is 2. The average molecular weight is 513 g/mol. The lowest BCUT2D eigenvalue weighted by Gasteiger charge is -2.30. The molecule has 0 saturated carbocycles. The van der Waals surface area contributed by atoms with E-state index in [9.17, 15) is 8.42 Å². The second-order valence-electron chi connectivity index (χ2n) is 8.95. The van der Waals surface area contributed by atoms with Crippen LogP contribution in [-0.4, -0.2) is 48.6 Å². The predicted molar refractivity (Wildman–Crippen MR) is 139 cm³/mol. The van der Waals surface area contributed by atoms with Gasteiger partial charge in [-0.25, -0.2) is 13.4 Å². The van der Waals surface area contributed by atoms with Crippen molar-refractivity contribution in [2.75, 3.05) is 26.3 Å². The van der Waals surface area contributed by atoms with E-state index in [1.54, 1.807) is 28.2 Å². The van der Waals surface area contributed by atoms with E-state index in [0.717, 1.165) is 42.0 Å². The predicted octanol–water partition coefficient (Wildman–Crippen LogP) is 5.05. The molecule has 0 amide bonds. The third-order valence-electron chi connectivity index (χ3n) is 6.27. The number of piperidine rings is 1. The third-order valence-corrected chi connectivity index (χ3v) is 9.18. The second-order valence-corrected chi connectivity index (χ2v) is 11.8. The van der Waals surface area contributed by atoms with E-state index in [-0.39, 0.29) is 0 Å². The van der Waals surface area contributed by atoms with Gasteiger partial charge in [0, 0.05) is 38.6 Å². The molecular weight excluding hydrogens is 480 g/mol. The molecule has 0 bridgehead atoms. The van der Waals surface area contributed by atoms with Crippen molar-refractivity contribution in [1.29, 1.82) is 5.26 Å². The van der Waals surface area contributed by atoms with Crippen molar-refractivity contribution in [3.63, 3.8) is 0 Å². The lowest BCUT2D eigenvalue weighted by molar-refractivity contribution is 0.141. The Balaban J connectivity index is 1.61. The largest absolute Gasteiger partial charge is 0.382 e. The Morgan fingerprint density at radius 1 is 1.23 bits per heavy atom. The minimum Gasteiger partial charge on any atom is -0.382 e. The molecule has 1 unspecified atom stereocenters. The molecule has 4 rings (SSSR count). The van der Waals surface area contributed by atoms with Crippen LogP contribution in [0.3, 0.4) is 0 Å². The van der Waals surface area contributed by atoms with Crippen LogP contribution in [0.2, 0.25) is 0 Å². The number of imidazole rings is 1. The molecule has 2 aromatic carbocycles. The number of hydrogen-bond donors (Lipinski definition) is 0. The molecule has 0 spiro atoms. The number of nitriles is 1.